The lowest BCUT2D eigenvalue weighted by molar-refractivity contribution is -0.344. The van der Waals surface area contributed by atoms with Crippen LogP contribution in [-0.2, 0) is 4.79 Å². The molecule has 146 valence electrons. The summed E-state index contributed by atoms with van der Waals surface area (Å²) in [5.41, 5.74) is 0.911. The second kappa shape index (κ2) is 13.5. The highest BCUT2D eigenvalue weighted by Crippen LogP contribution is 2.17. The summed E-state index contributed by atoms with van der Waals surface area (Å²) in [5.74, 6) is -2.94. The number of halogens is 4. The summed E-state index contributed by atoms with van der Waals surface area (Å²) in [6, 6.07) is 5.04. The Labute approximate surface area is 146 Å². The first-order chi connectivity index (χ1) is 11.6. The number of nitrogens with zero attached hydrogens (tertiary/aromatic N) is 1. The van der Waals surface area contributed by atoms with Crippen molar-refractivity contribution in [1.29, 1.82) is 0 Å². The van der Waals surface area contributed by atoms with Crippen LogP contribution in [0.15, 0.2) is 18.2 Å². The van der Waals surface area contributed by atoms with Crippen molar-refractivity contribution in [1.82, 2.24) is 4.90 Å². The predicted octanol–water partition coefficient (Wildman–Crippen LogP) is 3.18. The van der Waals surface area contributed by atoms with Crippen LogP contribution in [0.5, 0.6) is 5.75 Å². The average molecular weight is 368 g/mol. The van der Waals surface area contributed by atoms with Crippen molar-refractivity contribution >= 4 is 5.97 Å². The van der Waals surface area contributed by atoms with Crippen molar-refractivity contribution in [3.63, 3.8) is 0 Å². The minimum absolute atomic E-state index is 0.278. The summed E-state index contributed by atoms with van der Waals surface area (Å²) in [4.78, 5) is 11.0. The van der Waals surface area contributed by atoms with Crippen LogP contribution in [0.2, 0.25) is 0 Å². The molecule has 0 aliphatic heterocycles. The van der Waals surface area contributed by atoms with Crippen molar-refractivity contribution in [2.75, 3.05) is 26.2 Å². The molecule has 0 N–H and O–H groups in total. The van der Waals surface area contributed by atoms with E-state index in [1.54, 1.807) is 6.07 Å². The zero-order valence-corrected chi connectivity index (χ0v) is 15.2. The largest absolute Gasteiger partial charge is 0.542 e. The molecular weight excluding hydrogens is 342 g/mol. The number of carboxylic acid groups (broad SMARTS) is 1. The molecule has 0 heterocycles. The fourth-order valence-electron chi connectivity index (χ4n) is 1.55. The van der Waals surface area contributed by atoms with Crippen LogP contribution in [0.1, 0.15) is 33.3 Å². The van der Waals surface area contributed by atoms with E-state index in [9.17, 15) is 17.6 Å². The number of carbonyl (C=O) groups excluding carboxylic acids is 1. The van der Waals surface area contributed by atoms with Crippen LogP contribution >= 0.6 is 0 Å². The quantitative estimate of drug-likeness (QED) is 0.724. The molecule has 0 bridgehead atoms. The molecule has 4 nitrogen and oxygen atoms in total. The van der Waals surface area contributed by atoms with E-state index in [2.05, 4.69) is 18.7 Å². The van der Waals surface area contributed by atoms with Gasteiger partial charge in [0.2, 0.25) is 0 Å². The number of aliphatic carboxylic acids is 1. The molecule has 0 saturated heterocycles. The first-order valence-corrected chi connectivity index (χ1v) is 8.01. The van der Waals surface area contributed by atoms with Gasteiger partial charge in [-0.25, -0.2) is 4.39 Å². The molecule has 0 aliphatic rings. The first-order valence-electron chi connectivity index (χ1n) is 8.01. The van der Waals surface area contributed by atoms with Gasteiger partial charge in [0.25, 0.3) is 0 Å². The minimum atomic E-state index is -5.19. The van der Waals surface area contributed by atoms with E-state index >= 15 is 0 Å². The standard InChI is InChI=1S/C13H20FNO.C2HF3O2.C2H6/c1-4-15(5-2)8-9-16-13-7-6-11(3)10-12(13)14;3-2(4,5)1(6)7;1-2/h6-7,10H,4-5,8-9H2,1-3H3;(H,6,7);1-2H3/p-1. The molecule has 0 aliphatic carbocycles. The molecule has 1 rings (SSSR count). The maximum Gasteiger partial charge on any atom is 0.430 e. The van der Waals surface area contributed by atoms with E-state index in [4.69, 9.17) is 14.6 Å². The lowest BCUT2D eigenvalue weighted by Crippen LogP contribution is -2.37. The molecule has 8 heteroatoms. The number of hydrogen-bond donors (Lipinski definition) is 0. The van der Waals surface area contributed by atoms with Gasteiger partial charge in [0, 0.05) is 6.54 Å². The van der Waals surface area contributed by atoms with E-state index in [1.165, 1.54) is 6.07 Å². The van der Waals surface area contributed by atoms with E-state index in [0.29, 0.717) is 12.4 Å². The number of carboxylic acids is 1. The highest BCUT2D eigenvalue weighted by atomic mass is 19.4. The fourth-order valence-corrected chi connectivity index (χ4v) is 1.55. The summed E-state index contributed by atoms with van der Waals surface area (Å²) in [6.07, 6.45) is -5.19. The number of alkyl halides is 3. The molecule has 0 fully saturated rings. The molecule has 0 atom stereocenters. The smallest absolute Gasteiger partial charge is 0.430 e. The van der Waals surface area contributed by atoms with Crippen molar-refractivity contribution in [3.05, 3.63) is 29.6 Å². The highest BCUT2D eigenvalue weighted by Gasteiger charge is 2.28. The van der Waals surface area contributed by atoms with Crippen molar-refractivity contribution in [2.24, 2.45) is 0 Å². The topological polar surface area (TPSA) is 52.6 Å². The minimum Gasteiger partial charge on any atom is -0.542 e. The monoisotopic (exact) mass is 368 g/mol. The van der Waals surface area contributed by atoms with Gasteiger partial charge in [-0.2, -0.15) is 13.2 Å². The van der Waals surface area contributed by atoms with Crippen LogP contribution in [0.3, 0.4) is 0 Å². The summed E-state index contributed by atoms with van der Waals surface area (Å²) in [7, 11) is 0. The molecule has 0 aromatic heterocycles. The summed E-state index contributed by atoms with van der Waals surface area (Å²) < 4.78 is 50.4. The molecule has 1 aromatic carbocycles. The van der Waals surface area contributed by atoms with Crippen LogP contribution in [0.4, 0.5) is 17.6 Å². The number of aryl methyl sites for hydroxylation is 1. The Hall–Kier alpha value is -1.83. The van der Waals surface area contributed by atoms with Crippen molar-refractivity contribution < 1.29 is 32.2 Å². The molecule has 0 radical (unpaired) electrons. The molecule has 0 unspecified atom stereocenters. The lowest BCUT2D eigenvalue weighted by atomic mass is 10.2. The zero-order chi connectivity index (χ0) is 20.0. The second-order valence-electron chi connectivity index (χ2n) is 4.59. The number of rotatable bonds is 6. The van der Waals surface area contributed by atoms with E-state index < -0.39 is 12.1 Å². The summed E-state index contributed by atoms with van der Waals surface area (Å²) in [5, 5.41) is 8.78. The van der Waals surface area contributed by atoms with Gasteiger partial charge in [0.1, 0.15) is 12.6 Å². The maximum absolute atomic E-state index is 13.4. The zero-order valence-electron chi connectivity index (χ0n) is 15.2. The van der Waals surface area contributed by atoms with Gasteiger partial charge in [-0.1, -0.05) is 33.8 Å². The Morgan fingerprint density at radius 3 is 2.04 bits per heavy atom. The Morgan fingerprint density at radius 1 is 1.20 bits per heavy atom. The normalized spacial score (nSPS) is 10.3. The molecule has 0 amide bonds. The number of likely N-dealkylation sites (N-methyl/N-ethyl adjacent to an activating group) is 1. The highest BCUT2D eigenvalue weighted by molar-refractivity contribution is 5.70. The average Bonchev–Trinajstić information content (AvgIpc) is 2.55. The maximum atomic E-state index is 13.4. The summed E-state index contributed by atoms with van der Waals surface area (Å²) in [6.45, 7) is 13.4. The van der Waals surface area contributed by atoms with E-state index in [-0.39, 0.29) is 5.82 Å². The molecular formula is C17H26F4NO3-. The van der Waals surface area contributed by atoms with Crippen molar-refractivity contribution in [2.45, 2.75) is 40.8 Å². The Balaban J connectivity index is 0. The molecule has 0 saturated carbocycles. The molecule has 1 aromatic rings. The predicted molar refractivity (Wildman–Crippen MR) is 86.8 cm³/mol. The third kappa shape index (κ3) is 12.2. The van der Waals surface area contributed by atoms with Crippen LogP contribution in [0.25, 0.3) is 0 Å². The first kappa shape index (κ1) is 25.4. The second-order valence-corrected chi connectivity index (χ2v) is 4.59. The number of benzene rings is 1. The third-order valence-corrected chi connectivity index (χ3v) is 2.88. The van der Waals surface area contributed by atoms with Gasteiger partial charge in [-0.3, -0.25) is 0 Å². The molecule has 25 heavy (non-hydrogen) atoms. The molecule has 0 spiro atoms. The van der Waals surface area contributed by atoms with Gasteiger partial charge in [-0.05, 0) is 37.7 Å². The SMILES string of the molecule is CC.CCN(CC)CCOc1ccc(C)cc1F.O=C([O-])C(F)(F)F. The van der Waals surface area contributed by atoms with Crippen LogP contribution in [0, 0.1) is 12.7 Å². The van der Waals surface area contributed by atoms with Gasteiger partial charge < -0.3 is 19.5 Å². The van der Waals surface area contributed by atoms with Crippen molar-refractivity contribution in [3.8, 4) is 5.75 Å². The Morgan fingerprint density at radius 2 is 1.68 bits per heavy atom. The van der Waals surface area contributed by atoms with E-state index in [1.807, 2.05) is 26.8 Å². The van der Waals surface area contributed by atoms with Gasteiger partial charge in [0.15, 0.2) is 11.6 Å². The number of carbonyl (C=O) groups is 1. The van der Waals surface area contributed by atoms with Gasteiger partial charge >= 0.3 is 6.18 Å². The third-order valence-electron chi connectivity index (χ3n) is 2.88. The number of hydrogen-bond acceptors (Lipinski definition) is 4. The van der Waals surface area contributed by atoms with Crippen LogP contribution in [-0.4, -0.2) is 43.3 Å². The van der Waals surface area contributed by atoms with Gasteiger partial charge in [-0.15, -0.1) is 0 Å². The summed E-state index contributed by atoms with van der Waals surface area (Å²) >= 11 is 0. The Kier molecular flexibility index (Phi) is 13.7. The van der Waals surface area contributed by atoms with Gasteiger partial charge in [0.05, 0.1) is 0 Å². The number of ether oxygens (including phenoxy) is 1. The fraction of sp³-hybridized carbons (Fsp3) is 0.588. The van der Waals surface area contributed by atoms with E-state index in [0.717, 1.165) is 25.2 Å². The van der Waals surface area contributed by atoms with Crippen LogP contribution < -0.4 is 9.84 Å². The Bertz CT molecular complexity index is 489. The lowest BCUT2D eigenvalue weighted by Gasteiger charge is -2.18.